The van der Waals surface area contributed by atoms with Crippen molar-refractivity contribution in [3.05, 3.63) is 34.6 Å². The van der Waals surface area contributed by atoms with E-state index in [0.29, 0.717) is 29.1 Å². The Morgan fingerprint density at radius 2 is 1.93 bits per heavy atom. The van der Waals surface area contributed by atoms with Gasteiger partial charge in [-0.05, 0) is 50.5 Å². The number of rotatable bonds is 6. The lowest BCUT2D eigenvalue weighted by atomic mass is 10.0. The van der Waals surface area contributed by atoms with Crippen molar-refractivity contribution in [2.24, 2.45) is 0 Å². The molecule has 0 unspecified atom stereocenters. The number of nitrogens with zero attached hydrogens (tertiary/aromatic N) is 6. The van der Waals surface area contributed by atoms with Gasteiger partial charge in [0.1, 0.15) is 6.67 Å². The highest BCUT2D eigenvalue weighted by Gasteiger charge is 2.19. The van der Waals surface area contributed by atoms with Crippen LogP contribution in [0.25, 0.3) is 5.78 Å². The zero-order valence-corrected chi connectivity index (χ0v) is 16.5. The van der Waals surface area contributed by atoms with E-state index in [9.17, 15) is 0 Å². The molecule has 0 amide bonds. The van der Waals surface area contributed by atoms with Gasteiger partial charge in [0.25, 0.3) is 5.78 Å². The second-order valence-corrected chi connectivity index (χ2v) is 6.85. The summed E-state index contributed by atoms with van der Waals surface area (Å²) >= 11 is 5.70. The van der Waals surface area contributed by atoms with Crippen molar-refractivity contribution in [3.8, 4) is 0 Å². The predicted octanol–water partition coefficient (Wildman–Crippen LogP) is 2.93. The quantitative estimate of drug-likeness (QED) is 0.633. The molecule has 0 bridgehead atoms. The standard InChI is InChI=1S/C18H24N8S/c1-3-19-15-21-16(20-4-2)26-17(22-15)23-25(18(26)27)12-24-11-7-9-13-8-5-6-10-14(13)24/h5-6,8,10H,3-4,7,9,11-12H2,1-2H3,(H2,19,20,21,22,23). The van der Waals surface area contributed by atoms with Crippen molar-refractivity contribution in [1.82, 2.24) is 24.1 Å². The van der Waals surface area contributed by atoms with Gasteiger partial charge in [0.2, 0.25) is 16.7 Å². The van der Waals surface area contributed by atoms with Gasteiger partial charge in [-0.1, -0.05) is 18.2 Å². The van der Waals surface area contributed by atoms with Crippen LogP contribution in [0.15, 0.2) is 24.3 Å². The lowest BCUT2D eigenvalue weighted by Gasteiger charge is -2.30. The Kier molecular flexibility index (Phi) is 4.93. The van der Waals surface area contributed by atoms with E-state index in [1.807, 2.05) is 18.5 Å². The fraction of sp³-hybridized carbons (Fsp3) is 0.444. The molecule has 0 fully saturated rings. The lowest BCUT2D eigenvalue weighted by molar-refractivity contribution is 0.547. The fourth-order valence-corrected chi connectivity index (χ4v) is 3.72. The number of anilines is 3. The summed E-state index contributed by atoms with van der Waals surface area (Å²) in [4.78, 5) is 11.4. The molecule has 3 aromatic rings. The molecule has 0 saturated carbocycles. The lowest BCUT2D eigenvalue weighted by Crippen LogP contribution is -2.31. The maximum Gasteiger partial charge on any atom is 0.260 e. The molecule has 1 aliphatic heterocycles. The van der Waals surface area contributed by atoms with Gasteiger partial charge in [0.15, 0.2) is 0 Å². The van der Waals surface area contributed by atoms with Crippen molar-refractivity contribution >= 4 is 35.6 Å². The van der Waals surface area contributed by atoms with Crippen molar-refractivity contribution in [2.75, 3.05) is 35.2 Å². The van der Waals surface area contributed by atoms with Crippen molar-refractivity contribution in [1.29, 1.82) is 0 Å². The first-order chi connectivity index (χ1) is 13.2. The van der Waals surface area contributed by atoms with Gasteiger partial charge in [-0.15, -0.1) is 5.10 Å². The maximum atomic E-state index is 5.70. The van der Waals surface area contributed by atoms with Crippen LogP contribution in [0.3, 0.4) is 0 Å². The number of hydrogen-bond acceptors (Lipinski definition) is 7. The Morgan fingerprint density at radius 3 is 2.74 bits per heavy atom. The highest BCUT2D eigenvalue weighted by molar-refractivity contribution is 7.71. The van der Waals surface area contributed by atoms with E-state index in [4.69, 9.17) is 12.2 Å². The summed E-state index contributed by atoms with van der Waals surface area (Å²) in [6.07, 6.45) is 2.25. The highest BCUT2D eigenvalue weighted by Crippen LogP contribution is 2.27. The minimum Gasteiger partial charge on any atom is -0.355 e. The topological polar surface area (TPSA) is 75.3 Å². The molecule has 2 aromatic heterocycles. The fourth-order valence-electron chi connectivity index (χ4n) is 3.45. The van der Waals surface area contributed by atoms with Gasteiger partial charge in [0.05, 0.1) is 0 Å². The molecule has 0 radical (unpaired) electrons. The van der Waals surface area contributed by atoms with Crippen molar-refractivity contribution in [2.45, 2.75) is 33.4 Å². The molecule has 2 N–H and O–H groups in total. The molecule has 1 aromatic carbocycles. The van der Waals surface area contributed by atoms with Crippen LogP contribution in [0.1, 0.15) is 25.8 Å². The summed E-state index contributed by atoms with van der Waals surface area (Å²) in [6.45, 7) is 7.11. The minimum absolute atomic E-state index is 0.548. The predicted molar refractivity (Wildman–Crippen MR) is 110 cm³/mol. The molecule has 0 atom stereocenters. The normalized spacial score (nSPS) is 13.6. The van der Waals surface area contributed by atoms with Gasteiger partial charge < -0.3 is 15.5 Å². The molecule has 1 aliphatic rings. The maximum absolute atomic E-state index is 5.70. The number of aryl methyl sites for hydroxylation is 1. The smallest absolute Gasteiger partial charge is 0.260 e. The van der Waals surface area contributed by atoms with E-state index in [2.05, 4.69) is 54.9 Å². The average Bonchev–Trinajstić information content (AvgIpc) is 2.98. The highest BCUT2D eigenvalue weighted by atomic mass is 32.1. The minimum atomic E-state index is 0.548. The Morgan fingerprint density at radius 1 is 1.11 bits per heavy atom. The summed E-state index contributed by atoms with van der Waals surface area (Å²) in [5.41, 5.74) is 2.63. The van der Waals surface area contributed by atoms with Crippen LogP contribution >= 0.6 is 12.2 Å². The third-order valence-electron chi connectivity index (χ3n) is 4.63. The first-order valence-electron chi connectivity index (χ1n) is 9.39. The van der Waals surface area contributed by atoms with Gasteiger partial charge in [-0.2, -0.15) is 9.97 Å². The zero-order valence-electron chi connectivity index (χ0n) is 15.6. The molecule has 8 nitrogen and oxygen atoms in total. The Balaban J connectivity index is 1.74. The summed E-state index contributed by atoms with van der Waals surface area (Å²) in [7, 11) is 0. The van der Waals surface area contributed by atoms with E-state index in [1.165, 1.54) is 11.3 Å². The molecule has 4 rings (SSSR count). The van der Waals surface area contributed by atoms with Crippen molar-refractivity contribution in [3.63, 3.8) is 0 Å². The molecule has 3 heterocycles. The molecular formula is C18H24N8S. The first kappa shape index (κ1) is 17.7. The summed E-state index contributed by atoms with van der Waals surface area (Å²) < 4.78 is 4.22. The van der Waals surface area contributed by atoms with Gasteiger partial charge in [0, 0.05) is 25.3 Å². The van der Waals surface area contributed by atoms with Crippen LogP contribution in [-0.2, 0) is 13.1 Å². The molecule has 0 aliphatic carbocycles. The van der Waals surface area contributed by atoms with Gasteiger partial charge in [-0.25, -0.2) is 9.08 Å². The molecule has 9 heteroatoms. The molecule has 0 spiro atoms. The molecule has 142 valence electrons. The number of para-hydroxylation sites is 1. The third-order valence-corrected chi connectivity index (χ3v) is 5.03. The van der Waals surface area contributed by atoms with Crippen LogP contribution in [-0.4, -0.2) is 43.8 Å². The van der Waals surface area contributed by atoms with E-state index in [1.54, 1.807) is 4.40 Å². The molecule has 0 saturated heterocycles. The van der Waals surface area contributed by atoms with Crippen LogP contribution in [0.4, 0.5) is 17.6 Å². The number of nitrogens with one attached hydrogen (secondary N) is 2. The van der Waals surface area contributed by atoms with E-state index < -0.39 is 0 Å². The Bertz CT molecular complexity index is 1010. The first-order valence-corrected chi connectivity index (χ1v) is 9.80. The SMILES string of the molecule is CCNc1nc(NCC)n2c(=S)n(CN3CCCc4ccccc43)nc2n1. The van der Waals surface area contributed by atoms with Crippen LogP contribution in [0.2, 0.25) is 0 Å². The monoisotopic (exact) mass is 384 g/mol. The third kappa shape index (κ3) is 3.34. The summed E-state index contributed by atoms with van der Waals surface area (Å²) in [5, 5.41) is 11.1. The second-order valence-electron chi connectivity index (χ2n) is 6.49. The van der Waals surface area contributed by atoms with Crippen LogP contribution < -0.4 is 15.5 Å². The van der Waals surface area contributed by atoms with Crippen LogP contribution in [0, 0.1) is 4.77 Å². The molecule has 27 heavy (non-hydrogen) atoms. The van der Waals surface area contributed by atoms with Crippen LogP contribution in [0.5, 0.6) is 0 Å². The largest absolute Gasteiger partial charge is 0.355 e. The number of hydrogen-bond donors (Lipinski definition) is 2. The average molecular weight is 385 g/mol. The summed E-state index contributed by atoms with van der Waals surface area (Å²) in [5.74, 6) is 1.76. The number of benzene rings is 1. The molecular weight excluding hydrogens is 360 g/mol. The number of aromatic nitrogens is 5. The Hall–Kier alpha value is -2.68. The Labute approximate surface area is 163 Å². The van der Waals surface area contributed by atoms with E-state index >= 15 is 0 Å². The van der Waals surface area contributed by atoms with Gasteiger partial charge in [-0.3, -0.25) is 0 Å². The van der Waals surface area contributed by atoms with E-state index in [-0.39, 0.29) is 0 Å². The summed E-state index contributed by atoms with van der Waals surface area (Å²) in [6, 6.07) is 8.54. The second kappa shape index (κ2) is 7.51. The van der Waals surface area contributed by atoms with Gasteiger partial charge >= 0.3 is 0 Å². The number of fused-ring (bicyclic) bond motifs is 2. The van der Waals surface area contributed by atoms with E-state index in [0.717, 1.165) is 32.5 Å². The van der Waals surface area contributed by atoms with Crippen molar-refractivity contribution < 1.29 is 0 Å². The zero-order chi connectivity index (χ0) is 18.8.